The van der Waals surface area contributed by atoms with E-state index < -0.39 is 20.8 Å². The van der Waals surface area contributed by atoms with Crippen molar-refractivity contribution in [2.75, 3.05) is 0 Å². The van der Waals surface area contributed by atoms with Gasteiger partial charge in [-0.1, -0.05) is 50.8 Å². The molecule has 2 aromatic carbocycles. The summed E-state index contributed by atoms with van der Waals surface area (Å²) in [7, 11) is -4.60. The van der Waals surface area contributed by atoms with Crippen LogP contribution < -0.4 is 39.4 Å². The molecule has 1 N–H and O–H groups in total. The average molecular weight is 386 g/mol. The molecule has 0 aliphatic heterocycles. The summed E-state index contributed by atoms with van der Waals surface area (Å²) in [5.74, 6) is -0.494. The molecule has 0 saturated carbocycles. The van der Waals surface area contributed by atoms with Crippen molar-refractivity contribution in [3.05, 3.63) is 48.0 Å². The predicted octanol–water partition coefficient (Wildman–Crippen LogP) is 1.32. The quantitative estimate of drug-likeness (QED) is 0.399. The minimum absolute atomic E-state index is 0. The van der Waals surface area contributed by atoms with Gasteiger partial charge in [0.05, 0.1) is 4.90 Å². The number of rotatable bonds is 9. The fourth-order valence-electron chi connectivity index (χ4n) is 2.59. The van der Waals surface area contributed by atoms with Gasteiger partial charge in [0.25, 0.3) is 10.1 Å². The van der Waals surface area contributed by atoms with Crippen LogP contribution >= 0.6 is 0 Å². The Morgan fingerprint density at radius 1 is 1.04 bits per heavy atom. The van der Waals surface area contributed by atoms with Crippen LogP contribution in [0.3, 0.4) is 0 Å². The van der Waals surface area contributed by atoms with Crippen molar-refractivity contribution in [3.63, 3.8) is 0 Å². The third kappa shape index (κ3) is 6.93. The molecule has 0 fully saturated rings. The first-order valence-electron chi connectivity index (χ1n) is 8.46. The van der Waals surface area contributed by atoms with E-state index in [2.05, 4.69) is 6.92 Å². The minimum atomic E-state index is -4.60. The van der Waals surface area contributed by atoms with Crippen LogP contribution in [0.2, 0.25) is 0 Å². The Bertz CT molecular complexity index is 791. The van der Waals surface area contributed by atoms with Crippen LogP contribution in [-0.2, 0) is 16.5 Å². The van der Waals surface area contributed by atoms with Gasteiger partial charge in [-0.25, -0.2) is 0 Å². The van der Waals surface area contributed by atoms with E-state index in [0.717, 1.165) is 32.1 Å². The number of unbranched alkanes of at least 4 members (excludes halogenated alkanes) is 4. The summed E-state index contributed by atoms with van der Waals surface area (Å²) in [6.45, 7) is 2.14. The molecule has 2 aromatic rings. The number of ether oxygens (including phenoxy) is 1. The van der Waals surface area contributed by atoms with E-state index in [4.69, 9.17) is 4.74 Å². The van der Waals surface area contributed by atoms with Crippen molar-refractivity contribution in [2.24, 2.45) is 0 Å². The molecule has 0 saturated heterocycles. The molecule has 136 valence electrons. The fraction of sp³-hybridized carbons (Fsp3) is 0.368. The SMILES string of the molecule is CCCCCCCc1cc(Oc2ccccc2)c([O-])c(S(=O)(=O)O)c1.[Na+]. The Morgan fingerprint density at radius 2 is 1.69 bits per heavy atom. The molecular formula is C19H23NaO5S. The smallest absolute Gasteiger partial charge is 0.869 e. The number of para-hydroxylation sites is 1. The zero-order valence-corrected chi connectivity index (χ0v) is 18.1. The Morgan fingerprint density at radius 3 is 2.31 bits per heavy atom. The summed E-state index contributed by atoms with van der Waals surface area (Å²) in [5.41, 5.74) is 0.662. The first kappa shape index (κ1) is 23.0. The Labute approximate surface area is 177 Å². The van der Waals surface area contributed by atoms with Crippen LogP contribution in [-0.4, -0.2) is 13.0 Å². The largest absolute Gasteiger partial charge is 1.00 e. The molecule has 0 aliphatic carbocycles. The molecule has 0 amide bonds. The van der Waals surface area contributed by atoms with Gasteiger partial charge in [0, 0.05) is 0 Å². The summed E-state index contributed by atoms with van der Waals surface area (Å²) >= 11 is 0. The summed E-state index contributed by atoms with van der Waals surface area (Å²) in [6, 6.07) is 11.5. The zero-order valence-electron chi connectivity index (χ0n) is 15.3. The number of aryl methyl sites for hydroxylation is 1. The molecule has 5 nitrogen and oxygen atoms in total. The van der Waals surface area contributed by atoms with Crippen LogP contribution in [0.1, 0.15) is 44.6 Å². The van der Waals surface area contributed by atoms with Gasteiger partial charge in [-0.3, -0.25) is 4.55 Å². The van der Waals surface area contributed by atoms with Crippen molar-refractivity contribution in [2.45, 2.75) is 50.3 Å². The van der Waals surface area contributed by atoms with Crippen LogP contribution in [0.4, 0.5) is 0 Å². The van der Waals surface area contributed by atoms with Crippen molar-refractivity contribution in [1.29, 1.82) is 0 Å². The summed E-state index contributed by atoms with van der Waals surface area (Å²) < 4.78 is 37.9. The van der Waals surface area contributed by atoms with Crippen LogP contribution in [0.15, 0.2) is 47.4 Å². The van der Waals surface area contributed by atoms with Gasteiger partial charge in [-0.2, -0.15) is 8.42 Å². The first-order valence-corrected chi connectivity index (χ1v) is 9.90. The van der Waals surface area contributed by atoms with Crippen LogP contribution in [0.25, 0.3) is 0 Å². The molecule has 0 aliphatic rings. The van der Waals surface area contributed by atoms with E-state index in [1.54, 1.807) is 36.4 Å². The van der Waals surface area contributed by atoms with Crippen molar-refractivity contribution in [3.8, 4) is 17.2 Å². The van der Waals surface area contributed by atoms with Gasteiger partial charge in [0.1, 0.15) is 11.5 Å². The van der Waals surface area contributed by atoms with E-state index in [1.165, 1.54) is 6.07 Å². The first-order chi connectivity index (χ1) is 11.9. The summed E-state index contributed by atoms with van der Waals surface area (Å²) in [5, 5.41) is 12.3. The molecule has 0 bridgehead atoms. The standard InChI is InChI=1S/C19H24O5S.Na/c1-2-3-4-5-7-10-15-13-17(24-16-11-8-6-9-12-16)19(20)18(14-15)25(21,22)23;/h6,8-9,11-14,20H,2-5,7,10H2,1H3,(H,21,22,23);/q;+1/p-1. The summed E-state index contributed by atoms with van der Waals surface area (Å²) in [6.07, 6.45) is 5.97. The Hall–Kier alpha value is -1.05. The maximum atomic E-state index is 12.3. The molecule has 0 aromatic heterocycles. The van der Waals surface area contributed by atoms with Gasteiger partial charge in [-0.05, 0) is 48.4 Å². The van der Waals surface area contributed by atoms with Crippen LogP contribution in [0, 0.1) is 0 Å². The Balaban J connectivity index is 0.00000338. The minimum Gasteiger partial charge on any atom is -0.869 e. The second-order valence-electron chi connectivity index (χ2n) is 5.98. The second-order valence-corrected chi connectivity index (χ2v) is 7.37. The van der Waals surface area contributed by atoms with E-state index in [0.29, 0.717) is 17.7 Å². The molecule has 0 spiro atoms. The average Bonchev–Trinajstić information content (AvgIpc) is 2.57. The molecule has 0 radical (unpaired) electrons. The molecule has 0 atom stereocenters. The molecule has 0 heterocycles. The fourth-order valence-corrected chi connectivity index (χ4v) is 3.23. The van der Waals surface area contributed by atoms with E-state index >= 15 is 0 Å². The van der Waals surface area contributed by atoms with Gasteiger partial charge in [-0.15, -0.1) is 0 Å². The van der Waals surface area contributed by atoms with Crippen molar-refractivity contribution in [1.82, 2.24) is 0 Å². The van der Waals surface area contributed by atoms with Crippen molar-refractivity contribution < 1.29 is 52.4 Å². The number of benzene rings is 2. The number of hydrogen-bond donors (Lipinski definition) is 1. The third-order valence-corrected chi connectivity index (χ3v) is 4.76. The topological polar surface area (TPSA) is 86.7 Å². The zero-order chi connectivity index (χ0) is 18.3. The molecule has 26 heavy (non-hydrogen) atoms. The van der Waals surface area contributed by atoms with Crippen LogP contribution in [0.5, 0.6) is 17.2 Å². The molecule has 0 unspecified atom stereocenters. The predicted molar refractivity (Wildman–Crippen MR) is 94.7 cm³/mol. The van der Waals surface area contributed by atoms with E-state index in [1.807, 2.05) is 0 Å². The van der Waals surface area contributed by atoms with Gasteiger partial charge in [0.15, 0.2) is 0 Å². The monoisotopic (exact) mass is 386 g/mol. The number of hydrogen-bond acceptors (Lipinski definition) is 4. The third-order valence-electron chi connectivity index (χ3n) is 3.90. The maximum absolute atomic E-state index is 12.3. The van der Waals surface area contributed by atoms with Gasteiger partial charge in [0.2, 0.25) is 0 Å². The molecule has 2 rings (SSSR count). The molecular weight excluding hydrogens is 363 g/mol. The van der Waals surface area contributed by atoms with E-state index in [-0.39, 0.29) is 35.3 Å². The second kappa shape index (κ2) is 10.9. The molecule has 7 heteroatoms. The summed E-state index contributed by atoms with van der Waals surface area (Å²) in [4.78, 5) is -0.635. The maximum Gasteiger partial charge on any atom is 1.00 e. The van der Waals surface area contributed by atoms with Crippen molar-refractivity contribution >= 4 is 10.1 Å². The van der Waals surface area contributed by atoms with Gasteiger partial charge >= 0.3 is 29.6 Å². The van der Waals surface area contributed by atoms with E-state index in [9.17, 15) is 18.1 Å². The normalized spacial score (nSPS) is 11.0. The van der Waals surface area contributed by atoms with Gasteiger partial charge < -0.3 is 9.84 Å². The Kier molecular flexibility index (Phi) is 9.68.